The molecule has 1 heterocycles. The van der Waals surface area contributed by atoms with E-state index in [-0.39, 0.29) is 0 Å². The van der Waals surface area contributed by atoms with Gasteiger partial charge in [-0.15, -0.1) is 0 Å². The minimum atomic E-state index is -4.38. The van der Waals surface area contributed by atoms with E-state index in [1.807, 2.05) is 0 Å². The summed E-state index contributed by atoms with van der Waals surface area (Å²) in [6.45, 7) is 1.87. The quantitative estimate of drug-likeness (QED) is 0.799. The highest BCUT2D eigenvalue weighted by atomic mass is 19.4. The van der Waals surface area contributed by atoms with Crippen LogP contribution in [0.25, 0.3) is 0 Å². The van der Waals surface area contributed by atoms with Gasteiger partial charge in [-0.1, -0.05) is 0 Å². The Hall–Kier alpha value is -1.10. The Labute approximate surface area is 79.9 Å². The van der Waals surface area contributed by atoms with Gasteiger partial charge in [0.2, 0.25) is 0 Å². The third-order valence-corrected chi connectivity index (χ3v) is 1.74. The lowest BCUT2D eigenvalue weighted by Crippen LogP contribution is -2.11. The van der Waals surface area contributed by atoms with Crippen LogP contribution in [-0.2, 0) is 12.6 Å². The minimum Gasteiger partial charge on any atom is -0.330 e. The minimum absolute atomic E-state index is 0.334. The van der Waals surface area contributed by atoms with Crippen molar-refractivity contribution in [2.24, 2.45) is 5.73 Å². The van der Waals surface area contributed by atoms with Gasteiger partial charge in [-0.2, -0.15) is 13.2 Å². The normalized spacial score (nSPS) is 11.8. The first-order chi connectivity index (χ1) is 6.43. The molecule has 2 nitrogen and oxygen atoms in total. The number of rotatable bonds is 2. The van der Waals surface area contributed by atoms with E-state index in [1.54, 1.807) is 6.07 Å². The van der Waals surface area contributed by atoms with Crippen LogP contribution in [0.15, 0.2) is 12.1 Å². The molecule has 0 saturated heterocycles. The third-order valence-electron chi connectivity index (χ3n) is 1.74. The van der Waals surface area contributed by atoms with Gasteiger partial charge in [0.1, 0.15) is 5.69 Å². The highest BCUT2D eigenvalue weighted by molar-refractivity contribution is 5.22. The first kappa shape index (κ1) is 11.0. The molecule has 0 aliphatic rings. The lowest BCUT2D eigenvalue weighted by Gasteiger charge is -2.08. The van der Waals surface area contributed by atoms with Gasteiger partial charge in [0.25, 0.3) is 0 Å². The maximum Gasteiger partial charge on any atom is 0.433 e. The van der Waals surface area contributed by atoms with Crippen LogP contribution >= 0.6 is 0 Å². The smallest absolute Gasteiger partial charge is 0.330 e. The van der Waals surface area contributed by atoms with E-state index < -0.39 is 11.9 Å². The van der Waals surface area contributed by atoms with Crippen molar-refractivity contribution in [3.8, 4) is 0 Å². The van der Waals surface area contributed by atoms with Gasteiger partial charge < -0.3 is 5.73 Å². The number of hydrogen-bond donors (Lipinski definition) is 1. The summed E-state index contributed by atoms with van der Waals surface area (Å²) in [5, 5.41) is 0. The number of aryl methyl sites for hydroxylation is 1. The fourth-order valence-corrected chi connectivity index (χ4v) is 1.20. The molecule has 78 valence electrons. The molecule has 0 spiro atoms. The van der Waals surface area contributed by atoms with Crippen LogP contribution < -0.4 is 5.73 Å². The average molecular weight is 204 g/mol. The summed E-state index contributed by atoms with van der Waals surface area (Å²) in [7, 11) is 0. The van der Waals surface area contributed by atoms with Crippen LogP contribution in [0.3, 0.4) is 0 Å². The van der Waals surface area contributed by atoms with Gasteiger partial charge in [-0.05, 0) is 37.6 Å². The SMILES string of the molecule is Cc1cc(CCN)cc(C(F)(F)F)n1. The summed E-state index contributed by atoms with van der Waals surface area (Å²) in [6, 6.07) is 2.65. The van der Waals surface area contributed by atoms with Gasteiger partial charge in [0.05, 0.1) is 0 Å². The molecule has 0 bridgehead atoms. The molecule has 5 heteroatoms. The Morgan fingerprint density at radius 2 is 2.00 bits per heavy atom. The lowest BCUT2D eigenvalue weighted by atomic mass is 10.1. The Morgan fingerprint density at radius 3 is 2.50 bits per heavy atom. The summed E-state index contributed by atoms with van der Waals surface area (Å²) >= 11 is 0. The van der Waals surface area contributed by atoms with Crippen LogP contribution in [0.1, 0.15) is 17.0 Å². The van der Waals surface area contributed by atoms with E-state index in [4.69, 9.17) is 5.73 Å². The second-order valence-corrected chi connectivity index (χ2v) is 3.04. The number of pyridine rings is 1. The van der Waals surface area contributed by atoms with Crippen LogP contribution in [0.4, 0.5) is 13.2 Å². The highest BCUT2D eigenvalue weighted by Gasteiger charge is 2.32. The number of alkyl halides is 3. The van der Waals surface area contributed by atoms with Crippen molar-refractivity contribution in [2.45, 2.75) is 19.5 Å². The van der Waals surface area contributed by atoms with E-state index >= 15 is 0 Å². The molecule has 0 radical (unpaired) electrons. The number of hydrogen-bond acceptors (Lipinski definition) is 2. The van der Waals surface area contributed by atoms with Crippen molar-refractivity contribution >= 4 is 0 Å². The van der Waals surface area contributed by atoms with Gasteiger partial charge in [-0.25, -0.2) is 4.98 Å². The summed E-state index contributed by atoms with van der Waals surface area (Å²) < 4.78 is 36.9. The second-order valence-electron chi connectivity index (χ2n) is 3.04. The van der Waals surface area contributed by atoms with Crippen LogP contribution in [0.5, 0.6) is 0 Å². The fourth-order valence-electron chi connectivity index (χ4n) is 1.20. The monoisotopic (exact) mass is 204 g/mol. The molecule has 0 saturated carbocycles. The van der Waals surface area contributed by atoms with Crippen molar-refractivity contribution in [1.29, 1.82) is 0 Å². The Balaban J connectivity index is 3.07. The average Bonchev–Trinajstić information content (AvgIpc) is 2.02. The van der Waals surface area contributed by atoms with Crippen molar-refractivity contribution < 1.29 is 13.2 Å². The van der Waals surface area contributed by atoms with Gasteiger partial charge in [0, 0.05) is 5.69 Å². The fraction of sp³-hybridized carbons (Fsp3) is 0.444. The van der Waals surface area contributed by atoms with Crippen LogP contribution in [0, 0.1) is 6.92 Å². The molecular formula is C9H11F3N2. The van der Waals surface area contributed by atoms with E-state index in [1.165, 1.54) is 6.92 Å². The first-order valence-electron chi connectivity index (χ1n) is 4.18. The topological polar surface area (TPSA) is 38.9 Å². The molecule has 0 aliphatic heterocycles. The molecule has 14 heavy (non-hydrogen) atoms. The molecule has 0 amide bonds. The van der Waals surface area contributed by atoms with Crippen LogP contribution in [0.2, 0.25) is 0 Å². The standard InChI is InChI=1S/C9H11F3N2/c1-6-4-7(2-3-13)5-8(14-6)9(10,11)12/h4-5H,2-3,13H2,1H3. The Morgan fingerprint density at radius 1 is 1.36 bits per heavy atom. The van der Waals surface area contributed by atoms with Crippen LogP contribution in [-0.4, -0.2) is 11.5 Å². The van der Waals surface area contributed by atoms with E-state index in [0.29, 0.717) is 24.2 Å². The zero-order chi connectivity index (χ0) is 10.8. The molecule has 2 N–H and O–H groups in total. The summed E-state index contributed by atoms with van der Waals surface area (Å²) in [5.74, 6) is 0. The molecule has 0 unspecified atom stereocenters. The molecular weight excluding hydrogens is 193 g/mol. The maximum atomic E-state index is 12.3. The number of nitrogens with two attached hydrogens (primary N) is 1. The van der Waals surface area contributed by atoms with Crippen molar-refractivity contribution in [3.63, 3.8) is 0 Å². The first-order valence-corrected chi connectivity index (χ1v) is 4.18. The molecule has 0 aliphatic carbocycles. The van der Waals surface area contributed by atoms with Gasteiger partial charge in [0.15, 0.2) is 0 Å². The molecule has 1 aromatic rings. The summed E-state index contributed by atoms with van der Waals surface area (Å²) in [5.41, 5.74) is 5.36. The Kier molecular flexibility index (Phi) is 3.10. The number of aromatic nitrogens is 1. The predicted octanol–water partition coefficient (Wildman–Crippen LogP) is 1.91. The molecule has 0 atom stereocenters. The van der Waals surface area contributed by atoms with Crippen molar-refractivity contribution in [1.82, 2.24) is 4.98 Å². The second kappa shape index (κ2) is 3.96. The predicted molar refractivity (Wildman–Crippen MR) is 46.7 cm³/mol. The van der Waals surface area contributed by atoms with Crippen molar-refractivity contribution in [3.05, 3.63) is 29.1 Å². The Bertz CT molecular complexity index is 320. The molecule has 0 fully saturated rings. The third kappa shape index (κ3) is 2.70. The van der Waals surface area contributed by atoms with E-state index in [2.05, 4.69) is 4.98 Å². The van der Waals surface area contributed by atoms with E-state index in [9.17, 15) is 13.2 Å². The molecule has 1 aromatic heterocycles. The number of halogens is 3. The van der Waals surface area contributed by atoms with Crippen molar-refractivity contribution in [2.75, 3.05) is 6.54 Å². The molecule has 0 aromatic carbocycles. The van der Waals surface area contributed by atoms with Gasteiger partial charge >= 0.3 is 6.18 Å². The number of nitrogens with zero attached hydrogens (tertiary/aromatic N) is 1. The zero-order valence-electron chi connectivity index (χ0n) is 7.73. The highest BCUT2D eigenvalue weighted by Crippen LogP contribution is 2.28. The lowest BCUT2D eigenvalue weighted by molar-refractivity contribution is -0.141. The largest absolute Gasteiger partial charge is 0.433 e. The maximum absolute atomic E-state index is 12.3. The van der Waals surface area contributed by atoms with Gasteiger partial charge in [-0.3, -0.25) is 0 Å². The zero-order valence-corrected chi connectivity index (χ0v) is 7.73. The molecule has 1 rings (SSSR count). The summed E-state index contributed by atoms with van der Waals surface area (Å²) in [6.07, 6.45) is -3.94. The van der Waals surface area contributed by atoms with E-state index in [0.717, 1.165) is 6.07 Å². The summed E-state index contributed by atoms with van der Waals surface area (Å²) in [4.78, 5) is 3.42.